The van der Waals surface area contributed by atoms with Gasteiger partial charge in [-0.3, -0.25) is 14.9 Å². The van der Waals surface area contributed by atoms with Crippen molar-refractivity contribution in [2.24, 2.45) is 0 Å². The minimum Gasteiger partial charge on any atom is -0.485 e. The molecule has 1 aliphatic heterocycles. The van der Waals surface area contributed by atoms with Crippen LogP contribution >= 0.6 is 22.7 Å². The van der Waals surface area contributed by atoms with E-state index in [4.69, 9.17) is 9.47 Å². The first-order chi connectivity index (χ1) is 13.6. The van der Waals surface area contributed by atoms with E-state index in [9.17, 15) is 9.59 Å². The number of amides is 2. The van der Waals surface area contributed by atoms with Crippen LogP contribution in [-0.4, -0.2) is 29.5 Å². The Bertz CT molecular complexity index is 1010. The topological polar surface area (TPSA) is 89.6 Å². The number of thiophene rings is 1. The van der Waals surface area contributed by atoms with Crippen molar-refractivity contribution in [3.8, 4) is 22.1 Å². The number of thiazole rings is 1. The van der Waals surface area contributed by atoms with E-state index in [1.807, 2.05) is 29.6 Å². The Morgan fingerprint density at radius 2 is 2.04 bits per heavy atom. The van der Waals surface area contributed by atoms with Crippen LogP contribution in [0.5, 0.6) is 11.5 Å². The Hall–Kier alpha value is -2.91. The Labute approximate surface area is 169 Å². The molecule has 0 saturated carbocycles. The van der Waals surface area contributed by atoms with Gasteiger partial charge in [-0.1, -0.05) is 12.1 Å². The number of nitrogens with zero attached hydrogens (tertiary/aromatic N) is 1. The van der Waals surface area contributed by atoms with Gasteiger partial charge in [-0.25, -0.2) is 4.98 Å². The van der Waals surface area contributed by atoms with Gasteiger partial charge in [0.2, 0.25) is 12.0 Å². The first kappa shape index (κ1) is 18.5. The average Bonchev–Trinajstić information content (AvgIpc) is 3.35. The SMILES string of the molecule is CC(=O)NCc1ccc(-c2csc(NC(=O)[C@H]3COc4ccccc4O3)n2)s1. The monoisotopic (exact) mass is 415 g/mol. The quantitative estimate of drug-likeness (QED) is 0.668. The number of carbonyl (C=O) groups excluding carboxylic acids is 2. The zero-order chi connectivity index (χ0) is 19.5. The molecular weight excluding hydrogens is 398 g/mol. The van der Waals surface area contributed by atoms with E-state index in [2.05, 4.69) is 15.6 Å². The van der Waals surface area contributed by atoms with Crippen molar-refractivity contribution in [3.05, 3.63) is 46.7 Å². The second-order valence-corrected chi connectivity index (χ2v) is 8.09. The molecule has 2 aromatic heterocycles. The molecule has 1 atom stereocenters. The smallest absolute Gasteiger partial charge is 0.270 e. The highest BCUT2D eigenvalue weighted by molar-refractivity contribution is 7.17. The molecule has 7 nitrogen and oxygen atoms in total. The van der Waals surface area contributed by atoms with Gasteiger partial charge >= 0.3 is 0 Å². The molecule has 3 heterocycles. The normalized spacial score (nSPS) is 15.1. The minimum atomic E-state index is -0.728. The van der Waals surface area contributed by atoms with Crippen molar-refractivity contribution in [2.75, 3.05) is 11.9 Å². The highest BCUT2D eigenvalue weighted by Gasteiger charge is 2.28. The molecule has 2 amide bonds. The molecule has 0 radical (unpaired) electrons. The molecule has 0 spiro atoms. The van der Waals surface area contributed by atoms with Gasteiger partial charge in [0.1, 0.15) is 6.61 Å². The predicted octanol–water partition coefficient (Wildman–Crippen LogP) is 3.29. The van der Waals surface area contributed by atoms with Gasteiger partial charge in [0.25, 0.3) is 5.91 Å². The molecule has 1 aliphatic rings. The number of ether oxygens (including phenoxy) is 2. The summed E-state index contributed by atoms with van der Waals surface area (Å²) in [5.74, 6) is 0.827. The highest BCUT2D eigenvalue weighted by atomic mass is 32.1. The number of nitrogens with one attached hydrogen (secondary N) is 2. The molecule has 28 heavy (non-hydrogen) atoms. The van der Waals surface area contributed by atoms with E-state index in [1.54, 1.807) is 23.5 Å². The summed E-state index contributed by atoms with van der Waals surface area (Å²) in [5, 5.41) is 7.95. The van der Waals surface area contributed by atoms with Gasteiger partial charge < -0.3 is 14.8 Å². The summed E-state index contributed by atoms with van der Waals surface area (Å²) < 4.78 is 11.3. The van der Waals surface area contributed by atoms with E-state index < -0.39 is 6.10 Å². The lowest BCUT2D eigenvalue weighted by Crippen LogP contribution is -2.40. The minimum absolute atomic E-state index is 0.0647. The molecule has 0 bridgehead atoms. The third kappa shape index (κ3) is 4.15. The van der Waals surface area contributed by atoms with Crippen molar-refractivity contribution in [1.82, 2.24) is 10.3 Å². The number of anilines is 1. The first-order valence-corrected chi connectivity index (χ1v) is 10.3. The van der Waals surface area contributed by atoms with Crippen LogP contribution in [0.25, 0.3) is 10.6 Å². The molecule has 144 valence electrons. The second kappa shape index (κ2) is 7.99. The van der Waals surface area contributed by atoms with Crippen LogP contribution in [0, 0.1) is 0 Å². The maximum Gasteiger partial charge on any atom is 0.270 e. The Morgan fingerprint density at radius 1 is 1.21 bits per heavy atom. The van der Waals surface area contributed by atoms with Gasteiger partial charge in [0, 0.05) is 17.2 Å². The number of para-hydroxylation sites is 2. The lowest BCUT2D eigenvalue weighted by Gasteiger charge is -2.25. The van der Waals surface area contributed by atoms with E-state index in [0.717, 1.165) is 15.4 Å². The summed E-state index contributed by atoms with van der Waals surface area (Å²) in [5.41, 5.74) is 0.783. The third-order valence-electron chi connectivity index (χ3n) is 3.96. The standard InChI is InChI=1S/C19H17N3O4S2/c1-11(23)20-8-12-6-7-17(28-12)13-10-27-19(21-13)22-18(24)16-9-25-14-4-2-3-5-15(14)26-16/h2-7,10,16H,8-9H2,1H3,(H,20,23)(H,21,22,24)/t16-/m1/s1. The zero-order valence-electron chi connectivity index (χ0n) is 14.9. The molecule has 0 saturated heterocycles. The van der Waals surface area contributed by atoms with Crippen molar-refractivity contribution in [3.63, 3.8) is 0 Å². The highest BCUT2D eigenvalue weighted by Crippen LogP contribution is 2.33. The van der Waals surface area contributed by atoms with Crippen LogP contribution < -0.4 is 20.1 Å². The lowest BCUT2D eigenvalue weighted by molar-refractivity contribution is -0.125. The molecule has 4 rings (SSSR count). The fourth-order valence-corrected chi connectivity index (χ4v) is 4.30. The molecule has 2 N–H and O–H groups in total. The van der Waals surface area contributed by atoms with Gasteiger partial charge in [0.15, 0.2) is 16.6 Å². The van der Waals surface area contributed by atoms with Crippen LogP contribution in [-0.2, 0) is 16.1 Å². The molecular formula is C19H17N3O4S2. The number of rotatable bonds is 5. The summed E-state index contributed by atoms with van der Waals surface area (Å²) in [6.45, 7) is 2.14. The Morgan fingerprint density at radius 3 is 2.86 bits per heavy atom. The number of aromatic nitrogens is 1. The van der Waals surface area contributed by atoms with Crippen molar-refractivity contribution >= 4 is 39.6 Å². The number of carbonyl (C=O) groups is 2. The van der Waals surface area contributed by atoms with Gasteiger partial charge in [-0.2, -0.15) is 0 Å². The number of hydrogen-bond acceptors (Lipinski definition) is 7. The fraction of sp³-hybridized carbons (Fsp3) is 0.211. The van der Waals surface area contributed by atoms with E-state index in [-0.39, 0.29) is 18.4 Å². The summed E-state index contributed by atoms with van der Waals surface area (Å²) in [4.78, 5) is 30.0. The Kier molecular flexibility index (Phi) is 5.27. The van der Waals surface area contributed by atoms with Gasteiger partial charge in [-0.05, 0) is 24.3 Å². The molecule has 1 aromatic carbocycles. The molecule has 0 fully saturated rings. The molecule has 9 heteroatoms. The van der Waals surface area contributed by atoms with Gasteiger partial charge in [0.05, 0.1) is 17.1 Å². The van der Waals surface area contributed by atoms with E-state index in [1.165, 1.54) is 18.3 Å². The summed E-state index contributed by atoms with van der Waals surface area (Å²) in [7, 11) is 0. The van der Waals surface area contributed by atoms with Crippen LogP contribution in [0.15, 0.2) is 41.8 Å². The molecule has 0 unspecified atom stereocenters. The molecule has 0 aliphatic carbocycles. The van der Waals surface area contributed by atoms with E-state index in [0.29, 0.717) is 23.2 Å². The average molecular weight is 415 g/mol. The van der Waals surface area contributed by atoms with Crippen molar-refractivity contribution < 1.29 is 19.1 Å². The summed E-state index contributed by atoms with van der Waals surface area (Å²) in [6.07, 6.45) is -0.728. The second-order valence-electron chi connectivity index (χ2n) is 6.07. The van der Waals surface area contributed by atoms with Gasteiger partial charge in [-0.15, -0.1) is 22.7 Å². The number of benzene rings is 1. The predicted molar refractivity (Wildman–Crippen MR) is 108 cm³/mol. The fourth-order valence-electron chi connectivity index (χ4n) is 2.60. The summed E-state index contributed by atoms with van der Waals surface area (Å²) >= 11 is 2.90. The zero-order valence-corrected chi connectivity index (χ0v) is 16.6. The maximum atomic E-state index is 12.5. The van der Waals surface area contributed by atoms with Crippen LogP contribution in [0.1, 0.15) is 11.8 Å². The number of hydrogen-bond donors (Lipinski definition) is 2. The van der Waals surface area contributed by atoms with Crippen molar-refractivity contribution in [1.29, 1.82) is 0 Å². The lowest BCUT2D eigenvalue weighted by atomic mass is 10.2. The number of fused-ring (bicyclic) bond motifs is 1. The first-order valence-electron chi connectivity index (χ1n) is 8.57. The van der Waals surface area contributed by atoms with Crippen LogP contribution in [0.3, 0.4) is 0 Å². The summed E-state index contributed by atoms with van der Waals surface area (Å²) in [6, 6.07) is 11.2. The Balaban J connectivity index is 1.38. The largest absolute Gasteiger partial charge is 0.485 e. The third-order valence-corrected chi connectivity index (χ3v) is 5.83. The van der Waals surface area contributed by atoms with Crippen molar-refractivity contribution in [2.45, 2.75) is 19.6 Å². The van der Waals surface area contributed by atoms with Crippen LogP contribution in [0.4, 0.5) is 5.13 Å². The molecule has 3 aromatic rings. The van der Waals surface area contributed by atoms with Crippen LogP contribution in [0.2, 0.25) is 0 Å². The maximum absolute atomic E-state index is 12.5. The van der Waals surface area contributed by atoms with E-state index >= 15 is 0 Å².